The number of methoxy groups -OCH3 is 3. The van der Waals surface area contributed by atoms with Crippen LogP contribution >= 0.6 is 24.0 Å². The average molecular weight is 500 g/mol. The summed E-state index contributed by atoms with van der Waals surface area (Å²) >= 11 is 6.90. The highest BCUT2D eigenvalue weighted by molar-refractivity contribution is 7.99. The maximum Gasteiger partial charge on any atom is 0.267 e. The molecule has 0 bridgehead atoms. The maximum absolute atomic E-state index is 13.2. The lowest BCUT2D eigenvalue weighted by atomic mass is 10.0. The highest BCUT2D eigenvalue weighted by Crippen LogP contribution is 2.49. The highest BCUT2D eigenvalue weighted by Gasteiger charge is 2.28. The molecule has 34 heavy (non-hydrogen) atoms. The zero-order valence-corrected chi connectivity index (χ0v) is 21.1. The zero-order valence-electron chi connectivity index (χ0n) is 19.5. The minimum atomic E-state index is -0.396. The highest BCUT2D eigenvalue weighted by atomic mass is 32.2. The molecule has 1 aromatic heterocycles. The molecular formula is C24H25N3O5S2. The fourth-order valence-electron chi connectivity index (χ4n) is 3.93. The Morgan fingerprint density at radius 2 is 1.71 bits per heavy atom. The monoisotopic (exact) mass is 499 g/mol. The van der Waals surface area contributed by atoms with E-state index in [4.69, 9.17) is 31.4 Å². The van der Waals surface area contributed by atoms with Crippen LogP contribution in [0.4, 0.5) is 5.69 Å². The van der Waals surface area contributed by atoms with Gasteiger partial charge < -0.3 is 19.3 Å². The summed E-state index contributed by atoms with van der Waals surface area (Å²) in [5, 5.41) is 10.7. The summed E-state index contributed by atoms with van der Waals surface area (Å²) in [6.07, 6.45) is 0.373. The standard InChI is InChI=1S/C24H25N3O5S2/c1-26-22(28)20(23(29)27(2)24(26)33)15-12-19(34-18-9-7-6-8-14(18)25-15)13-10-16(30-3)21(32-5)17(11-13)31-4/h6-11,19,28H,12H2,1-5H3/t19-/m1/s1. The summed E-state index contributed by atoms with van der Waals surface area (Å²) in [5.41, 5.74) is 1.84. The first-order valence-electron chi connectivity index (χ1n) is 10.4. The van der Waals surface area contributed by atoms with Crippen LogP contribution in [0.1, 0.15) is 22.8 Å². The summed E-state index contributed by atoms with van der Waals surface area (Å²) in [7, 11) is 7.91. The van der Waals surface area contributed by atoms with Crippen molar-refractivity contribution in [2.24, 2.45) is 19.1 Å². The summed E-state index contributed by atoms with van der Waals surface area (Å²) in [6, 6.07) is 11.5. The molecular weight excluding hydrogens is 474 g/mol. The van der Waals surface area contributed by atoms with E-state index in [1.54, 1.807) is 47.2 Å². The third kappa shape index (κ3) is 4.07. The summed E-state index contributed by atoms with van der Waals surface area (Å²) in [6.45, 7) is 0. The number of ether oxygens (including phenoxy) is 3. The molecule has 0 fully saturated rings. The van der Waals surface area contributed by atoms with E-state index in [-0.39, 0.29) is 21.5 Å². The fourth-order valence-corrected chi connectivity index (χ4v) is 5.31. The van der Waals surface area contributed by atoms with Crippen LogP contribution in [0.25, 0.3) is 0 Å². The van der Waals surface area contributed by atoms with Crippen molar-refractivity contribution in [2.45, 2.75) is 16.6 Å². The van der Waals surface area contributed by atoms with Crippen molar-refractivity contribution < 1.29 is 19.3 Å². The quantitative estimate of drug-likeness (QED) is 0.516. The molecule has 8 nitrogen and oxygen atoms in total. The minimum absolute atomic E-state index is 0.133. The van der Waals surface area contributed by atoms with Crippen LogP contribution < -0.4 is 19.8 Å². The largest absolute Gasteiger partial charge is 0.494 e. The minimum Gasteiger partial charge on any atom is -0.494 e. The van der Waals surface area contributed by atoms with Crippen molar-refractivity contribution in [1.82, 2.24) is 9.13 Å². The molecule has 0 spiro atoms. The summed E-state index contributed by atoms with van der Waals surface area (Å²) in [4.78, 5) is 19.0. The number of aromatic hydroxyl groups is 1. The van der Waals surface area contributed by atoms with E-state index in [0.29, 0.717) is 29.4 Å². The van der Waals surface area contributed by atoms with Crippen molar-refractivity contribution in [1.29, 1.82) is 0 Å². The number of hydrogen-bond donors (Lipinski definition) is 1. The van der Waals surface area contributed by atoms with E-state index in [1.807, 2.05) is 36.4 Å². The third-order valence-corrected chi connectivity index (χ3v) is 7.62. The molecule has 4 rings (SSSR count). The number of para-hydroxylation sites is 1. The zero-order chi connectivity index (χ0) is 24.6. The van der Waals surface area contributed by atoms with Crippen molar-refractivity contribution in [3.63, 3.8) is 0 Å². The van der Waals surface area contributed by atoms with Crippen molar-refractivity contribution >= 4 is 35.4 Å². The van der Waals surface area contributed by atoms with E-state index >= 15 is 0 Å². The van der Waals surface area contributed by atoms with Gasteiger partial charge in [0.1, 0.15) is 5.56 Å². The topological polar surface area (TPSA) is 87.2 Å². The molecule has 0 unspecified atom stereocenters. The lowest BCUT2D eigenvalue weighted by Gasteiger charge is -2.20. The van der Waals surface area contributed by atoms with Gasteiger partial charge in [-0.15, -0.1) is 11.8 Å². The van der Waals surface area contributed by atoms with Gasteiger partial charge in [-0.05, 0) is 42.0 Å². The SMILES string of the molecule is COc1cc([C@H]2CC(c3c(O)n(C)c(=S)n(C)c3=O)=Nc3ccccc3S2)cc(OC)c1OC. The molecule has 0 radical (unpaired) electrons. The van der Waals surface area contributed by atoms with Gasteiger partial charge in [-0.1, -0.05) is 12.1 Å². The fraction of sp³-hybridized carbons (Fsp3) is 0.292. The van der Waals surface area contributed by atoms with Crippen LogP contribution in [0.5, 0.6) is 23.1 Å². The summed E-state index contributed by atoms with van der Waals surface area (Å²) < 4.78 is 19.5. The molecule has 0 saturated carbocycles. The Morgan fingerprint density at radius 3 is 2.32 bits per heavy atom. The van der Waals surface area contributed by atoms with Crippen LogP contribution in [0, 0.1) is 4.77 Å². The van der Waals surface area contributed by atoms with E-state index < -0.39 is 5.56 Å². The van der Waals surface area contributed by atoms with Crippen molar-refractivity contribution in [3.8, 4) is 23.1 Å². The predicted octanol–water partition coefficient (Wildman–Crippen LogP) is 4.54. The van der Waals surface area contributed by atoms with Crippen LogP contribution in [-0.2, 0) is 14.1 Å². The van der Waals surface area contributed by atoms with Gasteiger partial charge in [0.25, 0.3) is 5.56 Å². The molecule has 3 aromatic rings. The molecule has 1 aliphatic rings. The second kappa shape index (κ2) is 9.55. The first kappa shape index (κ1) is 23.9. The van der Waals surface area contributed by atoms with E-state index in [2.05, 4.69) is 0 Å². The van der Waals surface area contributed by atoms with Crippen LogP contribution in [0.3, 0.4) is 0 Å². The van der Waals surface area contributed by atoms with Crippen LogP contribution in [-0.4, -0.2) is 41.3 Å². The number of aromatic nitrogens is 2. The molecule has 1 N–H and O–H groups in total. The second-order valence-electron chi connectivity index (χ2n) is 7.70. The number of hydrogen-bond acceptors (Lipinski definition) is 8. The van der Waals surface area contributed by atoms with Gasteiger partial charge in [-0.2, -0.15) is 0 Å². The molecule has 2 heterocycles. The van der Waals surface area contributed by atoms with Gasteiger partial charge in [-0.3, -0.25) is 18.9 Å². The summed E-state index contributed by atoms with van der Waals surface area (Å²) in [5.74, 6) is 1.37. The normalized spacial score (nSPS) is 15.2. The Bertz CT molecular complexity index is 1390. The number of benzene rings is 2. The van der Waals surface area contributed by atoms with Crippen molar-refractivity contribution in [3.05, 3.63) is 62.6 Å². The Morgan fingerprint density at radius 1 is 1.06 bits per heavy atom. The number of fused-ring (bicyclic) bond motifs is 1. The van der Waals surface area contributed by atoms with Gasteiger partial charge in [0, 0.05) is 30.7 Å². The van der Waals surface area contributed by atoms with E-state index in [9.17, 15) is 9.90 Å². The Labute approximate surface area is 206 Å². The van der Waals surface area contributed by atoms with E-state index in [0.717, 1.165) is 16.1 Å². The number of rotatable bonds is 5. The van der Waals surface area contributed by atoms with Gasteiger partial charge in [0.05, 0.1) is 32.7 Å². The smallest absolute Gasteiger partial charge is 0.267 e. The lowest BCUT2D eigenvalue weighted by Crippen LogP contribution is -2.29. The lowest BCUT2D eigenvalue weighted by molar-refractivity contribution is 0.324. The second-order valence-corrected chi connectivity index (χ2v) is 9.31. The molecule has 178 valence electrons. The van der Waals surface area contributed by atoms with Crippen LogP contribution in [0.2, 0.25) is 0 Å². The predicted molar refractivity (Wildman–Crippen MR) is 135 cm³/mol. The van der Waals surface area contributed by atoms with Crippen LogP contribution in [0.15, 0.2) is 51.1 Å². The van der Waals surface area contributed by atoms with Gasteiger partial charge in [0.2, 0.25) is 11.6 Å². The Balaban J connectivity index is 1.94. The number of nitrogens with zero attached hydrogens (tertiary/aromatic N) is 3. The molecule has 1 atom stereocenters. The average Bonchev–Trinajstić information content (AvgIpc) is 3.05. The van der Waals surface area contributed by atoms with Gasteiger partial charge >= 0.3 is 0 Å². The van der Waals surface area contributed by atoms with E-state index in [1.165, 1.54) is 9.13 Å². The first-order valence-corrected chi connectivity index (χ1v) is 11.7. The molecule has 1 aliphatic heterocycles. The Hall–Kier alpha value is -3.24. The molecule has 0 saturated heterocycles. The number of thioether (sulfide) groups is 1. The van der Waals surface area contributed by atoms with Gasteiger partial charge in [-0.25, -0.2) is 0 Å². The molecule has 0 aliphatic carbocycles. The molecule has 0 amide bonds. The third-order valence-electron chi connectivity index (χ3n) is 5.75. The number of aliphatic imine (C=N–C) groups is 1. The van der Waals surface area contributed by atoms with Gasteiger partial charge in [0.15, 0.2) is 16.3 Å². The van der Waals surface area contributed by atoms with Crippen molar-refractivity contribution in [2.75, 3.05) is 21.3 Å². The maximum atomic E-state index is 13.2. The molecule has 10 heteroatoms. The molecule has 2 aromatic carbocycles. The Kier molecular flexibility index (Phi) is 6.72. The first-order chi connectivity index (χ1) is 16.3.